The molecule has 4 rings (SSSR count). The van der Waals surface area contributed by atoms with Crippen molar-refractivity contribution >= 4 is 64.0 Å². The van der Waals surface area contributed by atoms with Crippen LogP contribution >= 0.6 is 23.2 Å². The smallest absolute Gasteiger partial charge is 0.416 e. The Kier molecular flexibility index (Phi) is 8.17. The van der Waals surface area contributed by atoms with Gasteiger partial charge in [0.05, 0.1) is 34.1 Å². The molecule has 1 aliphatic heterocycles. The van der Waals surface area contributed by atoms with E-state index in [1.165, 1.54) is 48.5 Å². The van der Waals surface area contributed by atoms with Crippen molar-refractivity contribution in [2.75, 3.05) is 22.1 Å². The summed E-state index contributed by atoms with van der Waals surface area (Å²) in [5, 5.41) is 4.60. The van der Waals surface area contributed by atoms with E-state index in [1.807, 2.05) is 0 Å². The Morgan fingerprint density at radius 3 is 2.27 bits per heavy atom. The van der Waals surface area contributed by atoms with E-state index in [4.69, 9.17) is 27.9 Å². The predicted molar refractivity (Wildman–Crippen MR) is 142 cm³/mol. The maximum absolute atomic E-state index is 13.1. The standard InChI is InChI=1S/C27H18Cl2F3N3O5/c1-2-40-26(39)15-4-3-5-18(12-15)35-24(37)21(29)22(25(35)38)33-17-9-6-14(7-10-17)23(36)34-20-13-16(27(30,31)32)8-11-19(20)28/h3-13,33H,2H2,1H3,(H,34,36). The normalized spacial score (nSPS) is 13.5. The van der Waals surface area contributed by atoms with Crippen LogP contribution in [0.3, 0.4) is 0 Å². The van der Waals surface area contributed by atoms with Gasteiger partial charge in [-0.3, -0.25) is 14.4 Å². The molecule has 8 nitrogen and oxygen atoms in total. The molecule has 0 spiro atoms. The zero-order chi connectivity index (χ0) is 29.2. The van der Waals surface area contributed by atoms with Gasteiger partial charge in [-0.05, 0) is 67.6 Å². The summed E-state index contributed by atoms with van der Waals surface area (Å²) >= 11 is 12.1. The first kappa shape index (κ1) is 28.7. The Hall–Kier alpha value is -4.35. The molecule has 2 N–H and O–H groups in total. The van der Waals surface area contributed by atoms with Crippen LogP contribution < -0.4 is 15.5 Å². The van der Waals surface area contributed by atoms with Gasteiger partial charge in [0.2, 0.25) is 0 Å². The number of amides is 3. The highest BCUT2D eigenvalue weighted by molar-refractivity contribution is 6.53. The van der Waals surface area contributed by atoms with E-state index in [1.54, 1.807) is 6.92 Å². The van der Waals surface area contributed by atoms with Gasteiger partial charge in [-0.1, -0.05) is 29.3 Å². The number of ether oxygens (including phenoxy) is 1. The molecule has 206 valence electrons. The van der Waals surface area contributed by atoms with Gasteiger partial charge in [0.1, 0.15) is 10.7 Å². The molecule has 0 atom stereocenters. The molecular weight excluding hydrogens is 574 g/mol. The number of imide groups is 1. The second-order valence-corrected chi connectivity index (χ2v) is 9.04. The van der Waals surface area contributed by atoms with Crippen LogP contribution in [-0.2, 0) is 20.5 Å². The van der Waals surface area contributed by atoms with Crippen LogP contribution in [0.5, 0.6) is 0 Å². The van der Waals surface area contributed by atoms with E-state index in [2.05, 4.69) is 10.6 Å². The molecule has 3 aromatic rings. The van der Waals surface area contributed by atoms with Crippen LogP contribution in [0.1, 0.15) is 33.2 Å². The number of esters is 1. The Morgan fingerprint density at radius 1 is 0.925 bits per heavy atom. The lowest BCUT2D eigenvalue weighted by atomic mass is 10.1. The zero-order valence-corrected chi connectivity index (χ0v) is 21.9. The van der Waals surface area contributed by atoms with Gasteiger partial charge < -0.3 is 15.4 Å². The molecule has 0 radical (unpaired) electrons. The summed E-state index contributed by atoms with van der Waals surface area (Å²) in [4.78, 5) is 51.3. The molecule has 0 aliphatic carbocycles. The summed E-state index contributed by atoms with van der Waals surface area (Å²) in [5.74, 6) is -2.95. The van der Waals surface area contributed by atoms with E-state index >= 15 is 0 Å². The molecule has 40 heavy (non-hydrogen) atoms. The number of hydrogen-bond acceptors (Lipinski definition) is 6. The molecule has 0 bridgehead atoms. The van der Waals surface area contributed by atoms with Crippen LogP contribution in [0, 0.1) is 0 Å². The topological polar surface area (TPSA) is 105 Å². The van der Waals surface area contributed by atoms with Gasteiger partial charge in [-0.2, -0.15) is 13.2 Å². The Balaban J connectivity index is 1.48. The first-order valence-corrected chi connectivity index (χ1v) is 12.3. The average Bonchev–Trinajstić information content (AvgIpc) is 3.12. The molecule has 1 heterocycles. The minimum Gasteiger partial charge on any atom is -0.462 e. The van der Waals surface area contributed by atoms with Gasteiger partial charge in [0.25, 0.3) is 17.7 Å². The number of anilines is 3. The number of carbonyl (C=O) groups excluding carboxylic acids is 4. The van der Waals surface area contributed by atoms with E-state index in [9.17, 15) is 32.3 Å². The number of alkyl halides is 3. The highest BCUT2D eigenvalue weighted by atomic mass is 35.5. The van der Waals surface area contributed by atoms with Crippen LogP contribution in [0.4, 0.5) is 30.2 Å². The minimum atomic E-state index is -4.62. The largest absolute Gasteiger partial charge is 0.462 e. The van der Waals surface area contributed by atoms with Crippen LogP contribution in [0.2, 0.25) is 5.02 Å². The molecule has 3 aromatic carbocycles. The van der Waals surface area contributed by atoms with Gasteiger partial charge >= 0.3 is 12.1 Å². The monoisotopic (exact) mass is 591 g/mol. The van der Waals surface area contributed by atoms with Crippen molar-refractivity contribution in [1.82, 2.24) is 0 Å². The maximum Gasteiger partial charge on any atom is 0.416 e. The van der Waals surface area contributed by atoms with Crippen LogP contribution in [0.25, 0.3) is 0 Å². The average molecular weight is 592 g/mol. The first-order chi connectivity index (χ1) is 18.9. The van der Waals surface area contributed by atoms with Crippen molar-refractivity contribution in [3.63, 3.8) is 0 Å². The highest BCUT2D eigenvalue weighted by Gasteiger charge is 2.39. The molecule has 0 aromatic heterocycles. The van der Waals surface area contributed by atoms with E-state index < -0.39 is 40.5 Å². The highest BCUT2D eigenvalue weighted by Crippen LogP contribution is 2.34. The third-order valence-electron chi connectivity index (χ3n) is 5.60. The second kappa shape index (κ2) is 11.4. The van der Waals surface area contributed by atoms with E-state index in [0.717, 1.165) is 23.1 Å². The summed E-state index contributed by atoms with van der Waals surface area (Å²) in [5.41, 5.74) is -0.831. The maximum atomic E-state index is 13.1. The molecule has 0 unspecified atom stereocenters. The van der Waals surface area contributed by atoms with Gasteiger partial charge in [-0.25, -0.2) is 9.69 Å². The van der Waals surface area contributed by atoms with E-state index in [-0.39, 0.29) is 45.5 Å². The van der Waals surface area contributed by atoms with Crippen LogP contribution in [-0.4, -0.2) is 30.3 Å². The number of carbonyl (C=O) groups is 4. The van der Waals surface area contributed by atoms with Gasteiger partial charge in [-0.15, -0.1) is 0 Å². The predicted octanol–water partition coefficient (Wildman–Crippen LogP) is 6.22. The Labute approximate surface area is 235 Å². The van der Waals surface area contributed by atoms with Crippen molar-refractivity contribution < 1.29 is 37.1 Å². The lowest BCUT2D eigenvalue weighted by Gasteiger charge is -2.16. The Bertz CT molecular complexity index is 1560. The lowest BCUT2D eigenvalue weighted by molar-refractivity contribution is -0.137. The van der Waals surface area contributed by atoms with Crippen LogP contribution in [0.15, 0.2) is 77.5 Å². The summed E-state index contributed by atoms with van der Waals surface area (Å²) in [6, 6.07) is 13.8. The summed E-state index contributed by atoms with van der Waals surface area (Å²) in [6.07, 6.45) is -4.62. The van der Waals surface area contributed by atoms with Crippen molar-refractivity contribution in [2.45, 2.75) is 13.1 Å². The summed E-state index contributed by atoms with van der Waals surface area (Å²) in [7, 11) is 0. The van der Waals surface area contributed by atoms with Crippen molar-refractivity contribution in [3.8, 4) is 0 Å². The fourth-order valence-corrected chi connectivity index (χ4v) is 4.05. The third kappa shape index (κ3) is 5.95. The van der Waals surface area contributed by atoms with Gasteiger partial charge in [0, 0.05) is 11.3 Å². The lowest BCUT2D eigenvalue weighted by Crippen LogP contribution is -2.32. The zero-order valence-electron chi connectivity index (χ0n) is 20.4. The second-order valence-electron chi connectivity index (χ2n) is 8.25. The molecule has 1 aliphatic rings. The fourth-order valence-electron chi connectivity index (χ4n) is 3.67. The van der Waals surface area contributed by atoms with Crippen molar-refractivity contribution in [2.24, 2.45) is 0 Å². The minimum absolute atomic E-state index is 0.0744. The number of nitrogens with zero attached hydrogens (tertiary/aromatic N) is 1. The Morgan fingerprint density at radius 2 is 1.62 bits per heavy atom. The molecular formula is C27H18Cl2F3N3O5. The van der Waals surface area contributed by atoms with Gasteiger partial charge in [0.15, 0.2) is 0 Å². The number of nitrogens with one attached hydrogen (secondary N) is 2. The SMILES string of the molecule is CCOC(=O)c1cccc(N2C(=O)C(Cl)=C(Nc3ccc(C(=O)Nc4cc(C(F)(F)F)ccc4Cl)cc3)C2=O)c1. The molecule has 0 saturated heterocycles. The van der Waals surface area contributed by atoms with Crippen molar-refractivity contribution in [1.29, 1.82) is 0 Å². The van der Waals surface area contributed by atoms with E-state index in [0.29, 0.717) is 0 Å². The van der Waals surface area contributed by atoms with Crippen molar-refractivity contribution in [3.05, 3.63) is 99.2 Å². The molecule has 0 saturated carbocycles. The third-order valence-corrected chi connectivity index (χ3v) is 6.28. The summed E-state index contributed by atoms with van der Waals surface area (Å²) < 4.78 is 44.0. The molecule has 0 fully saturated rings. The number of benzene rings is 3. The number of halogens is 5. The quantitative estimate of drug-likeness (QED) is 0.249. The molecule has 3 amide bonds. The number of rotatable bonds is 7. The number of hydrogen-bond donors (Lipinski definition) is 2. The summed E-state index contributed by atoms with van der Waals surface area (Å²) in [6.45, 7) is 1.79. The fraction of sp³-hybridized carbons (Fsp3) is 0.111. The first-order valence-electron chi connectivity index (χ1n) is 11.5. The molecule has 13 heteroatoms.